The topological polar surface area (TPSA) is 67.6 Å². The lowest BCUT2D eigenvalue weighted by atomic mass is 10.0. The highest BCUT2D eigenvalue weighted by molar-refractivity contribution is 14.0. The van der Waals surface area contributed by atoms with Crippen molar-refractivity contribution in [3.8, 4) is 0 Å². The number of unbranched alkanes of at least 4 members (excludes halogenated alkanes) is 4. The van der Waals surface area contributed by atoms with E-state index in [1.54, 1.807) is 0 Å². The first-order valence-electron chi connectivity index (χ1n) is 8.29. The second-order valence-electron chi connectivity index (χ2n) is 5.91. The summed E-state index contributed by atoms with van der Waals surface area (Å²) in [4.78, 5) is 16.4. The molecular weight excluding hydrogens is 457 g/mol. The first kappa shape index (κ1) is 22.0. The van der Waals surface area contributed by atoms with Gasteiger partial charge >= 0.3 is 0 Å². The summed E-state index contributed by atoms with van der Waals surface area (Å²) in [6, 6.07) is 6.20. The summed E-state index contributed by atoms with van der Waals surface area (Å²) in [6.07, 6.45) is 9.17. The van der Waals surface area contributed by atoms with Crippen LogP contribution in [0.25, 0.3) is 0 Å². The van der Waals surface area contributed by atoms with Crippen molar-refractivity contribution in [3.05, 3.63) is 51.2 Å². The maximum absolute atomic E-state index is 10.0. The van der Waals surface area contributed by atoms with Crippen molar-refractivity contribution in [1.29, 1.82) is 0 Å². The molecule has 0 fully saturated rings. The summed E-state index contributed by atoms with van der Waals surface area (Å²) in [5.41, 5.74) is 2.37. The van der Waals surface area contributed by atoms with Crippen LogP contribution in [0.2, 0.25) is 5.02 Å². The molecule has 140 valence electrons. The Balaban J connectivity index is 0.00000312. The van der Waals surface area contributed by atoms with Crippen molar-refractivity contribution in [2.24, 2.45) is 0 Å². The fraction of sp³-hybridized carbons (Fsp3) is 0.529. The molecule has 6 nitrogen and oxygen atoms in total. The molecule has 0 bridgehead atoms. The van der Waals surface area contributed by atoms with Crippen molar-refractivity contribution < 1.29 is 9.92 Å². The molecule has 1 unspecified atom stereocenters. The second kappa shape index (κ2) is 11.5. The van der Waals surface area contributed by atoms with Gasteiger partial charge in [-0.2, -0.15) is 0 Å². The Hall–Kier alpha value is -1.06. The van der Waals surface area contributed by atoms with E-state index in [-0.39, 0.29) is 36.6 Å². The SMILES string of the molecule is CN1C=CC(NCCCCCCCO[N+](=O)[O-])c2ccc(Cl)cc21.I. The molecule has 0 radical (unpaired) electrons. The lowest BCUT2D eigenvalue weighted by Gasteiger charge is -2.28. The van der Waals surface area contributed by atoms with E-state index < -0.39 is 5.09 Å². The van der Waals surface area contributed by atoms with Gasteiger partial charge in [-0.25, -0.2) is 0 Å². The molecule has 1 aromatic rings. The normalized spacial score (nSPS) is 15.4. The van der Waals surface area contributed by atoms with Gasteiger partial charge in [0.05, 0.1) is 12.6 Å². The van der Waals surface area contributed by atoms with Gasteiger partial charge in [0.2, 0.25) is 0 Å². The first-order valence-corrected chi connectivity index (χ1v) is 8.67. The first-order chi connectivity index (χ1) is 11.6. The van der Waals surface area contributed by atoms with Crippen LogP contribution in [0.4, 0.5) is 5.69 Å². The molecule has 0 saturated heterocycles. The van der Waals surface area contributed by atoms with E-state index in [4.69, 9.17) is 11.6 Å². The van der Waals surface area contributed by atoms with Crippen molar-refractivity contribution in [2.45, 2.75) is 38.1 Å². The van der Waals surface area contributed by atoms with Crippen LogP contribution in [0.5, 0.6) is 0 Å². The lowest BCUT2D eigenvalue weighted by molar-refractivity contribution is -0.757. The van der Waals surface area contributed by atoms with Gasteiger partial charge in [-0.15, -0.1) is 34.1 Å². The molecule has 2 rings (SSSR count). The molecule has 1 aliphatic heterocycles. The Morgan fingerprint density at radius 2 is 2.00 bits per heavy atom. The van der Waals surface area contributed by atoms with Crippen LogP contribution in [0.3, 0.4) is 0 Å². The van der Waals surface area contributed by atoms with Gasteiger partial charge in [0.25, 0.3) is 5.09 Å². The molecule has 8 heteroatoms. The van der Waals surface area contributed by atoms with E-state index in [1.807, 2.05) is 19.2 Å². The van der Waals surface area contributed by atoms with Gasteiger partial charge in [-0.1, -0.05) is 36.9 Å². The van der Waals surface area contributed by atoms with E-state index in [9.17, 15) is 10.1 Å². The zero-order valence-electron chi connectivity index (χ0n) is 14.3. The maximum Gasteiger partial charge on any atom is 0.294 e. The Morgan fingerprint density at radius 1 is 1.28 bits per heavy atom. The van der Waals surface area contributed by atoms with Crippen molar-refractivity contribution in [1.82, 2.24) is 5.32 Å². The van der Waals surface area contributed by atoms with E-state index in [0.29, 0.717) is 0 Å². The number of anilines is 1. The number of nitrogens with one attached hydrogen (secondary N) is 1. The number of rotatable bonds is 10. The molecule has 0 aliphatic carbocycles. The summed E-state index contributed by atoms with van der Waals surface area (Å²) in [6.45, 7) is 1.14. The number of fused-ring (bicyclic) bond motifs is 1. The minimum Gasteiger partial charge on any atom is -0.351 e. The zero-order valence-corrected chi connectivity index (χ0v) is 17.4. The van der Waals surface area contributed by atoms with Crippen molar-refractivity contribution >= 4 is 41.3 Å². The summed E-state index contributed by atoms with van der Waals surface area (Å²) in [5.74, 6) is 0. The fourth-order valence-electron chi connectivity index (χ4n) is 2.82. The number of nitrogens with zero attached hydrogens (tertiary/aromatic N) is 2. The summed E-state index contributed by atoms with van der Waals surface area (Å²) in [5, 5.41) is 13.6. The Labute approximate surface area is 170 Å². The maximum atomic E-state index is 10.0. The second-order valence-corrected chi connectivity index (χ2v) is 6.35. The number of halogens is 2. The van der Waals surface area contributed by atoms with Crippen LogP contribution in [0.15, 0.2) is 30.5 Å². The quantitative estimate of drug-likeness (QED) is 0.227. The molecule has 1 atom stereocenters. The third-order valence-corrected chi connectivity index (χ3v) is 4.33. The van der Waals surface area contributed by atoms with Crippen LogP contribution in [0, 0.1) is 10.1 Å². The lowest BCUT2D eigenvalue weighted by Crippen LogP contribution is -2.26. The number of hydrogen-bond donors (Lipinski definition) is 1. The predicted molar refractivity (Wildman–Crippen MR) is 111 cm³/mol. The van der Waals surface area contributed by atoms with E-state index >= 15 is 0 Å². The van der Waals surface area contributed by atoms with Crippen LogP contribution in [-0.4, -0.2) is 25.3 Å². The fourth-order valence-corrected chi connectivity index (χ4v) is 2.98. The van der Waals surface area contributed by atoms with E-state index in [2.05, 4.69) is 33.4 Å². The largest absolute Gasteiger partial charge is 0.351 e. The molecular formula is C17H25ClIN3O3. The van der Waals surface area contributed by atoms with Gasteiger partial charge in [0.15, 0.2) is 0 Å². The minimum absolute atomic E-state index is 0. The van der Waals surface area contributed by atoms with E-state index in [1.165, 1.54) is 5.56 Å². The monoisotopic (exact) mass is 481 g/mol. The van der Waals surface area contributed by atoms with E-state index in [0.717, 1.165) is 49.4 Å². The molecule has 0 amide bonds. The highest BCUT2D eigenvalue weighted by Crippen LogP contribution is 2.33. The highest BCUT2D eigenvalue weighted by atomic mass is 127. The highest BCUT2D eigenvalue weighted by Gasteiger charge is 2.18. The number of hydrogen-bond acceptors (Lipinski definition) is 5. The molecule has 0 saturated carbocycles. The smallest absolute Gasteiger partial charge is 0.294 e. The molecule has 1 aromatic carbocycles. The molecule has 25 heavy (non-hydrogen) atoms. The third kappa shape index (κ3) is 7.37. The Bertz CT molecular complexity index is 586. The van der Waals surface area contributed by atoms with Crippen LogP contribution < -0.4 is 10.2 Å². The van der Waals surface area contributed by atoms with Gasteiger partial charge in [-0.05, 0) is 43.2 Å². The molecule has 1 heterocycles. The van der Waals surface area contributed by atoms with Gasteiger partial charge in [0.1, 0.15) is 0 Å². The van der Waals surface area contributed by atoms with Gasteiger partial charge < -0.3 is 15.1 Å². The Morgan fingerprint density at radius 3 is 2.76 bits per heavy atom. The summed E-state index contributed by atoms with van der Waals surface area (Å²) in [7, 11) is 2.02. The summed E-state index contributed by atoms with van der Waals surface area (Å²) < 4.78 is 0. The van der Waals surface area contributed by atoms with Gasteiger partial charge in [0, 0.05) is 24.0 Å². The predicted octanol–water partition coefficient (Wildman–Crippen LogP) is 4.71. The van der Waals surface area contributed by atoms with Crippen LogP contribution >= 0.6 is 35.6 Å². The standard InChI is InChI=1S/C17H24ClN3O3.HI/c1-20-11-9-16(15-8-7-14(18)13-17(15)20)19-10-5-3-2-4-6-12-24-21(22)23;/h7-9,11,13,16,19H,2-6,10,12H2,1H3;1H. The average Bonchev–Trinajstić information content (AvgIpc) is 2.55. The molecule has 1 N–H and O–H groups in total. The average molecular weight is 482 g/mol. The molecule has 0 spiro atoms. The minimum atomic E-state index is -0.732. The van der Waals surface area contributed by atoms with Crippen LogP contribution in [-0.2, 0) is 4.84 Å². The van der Waals surface area contributed by atoms with Crippen molar-refractivity contribution in [3.63, 3.8) is 0 Å². The zero-order chi connectivity index (χ0) is 17.4. The van der Waals surface area contributed by atoms with Crippen molar-refractivity contribution in [2.75, 3.05) is 25.1 Å². The number of benzene rings is 1. The Kier molecular flexibility index (Phi) is 10.1. The third-order valence-electron chi connectivity index (χ3n) is 4.09. The van der Waals surface area contributed by atoms with Gasteiger partial charge in [-0.3, -0.25) is 0 Å². The summed E-state index contributed by atoms with van der Waals surface area (Å²) >= 11 is 6.09. The molecule has 1 aliphatic rings. The molecule has 0 aromatic heterocycles. The van der Waals surface area contributed by atoms with Crippen LogP contribution in [0.1, 0.15) is 43.7 Å².